The Kier molecular flexibility index (Phi) is 11.6. The summed E-state index contributed by atoms with van der Waals surface area (Å²) in [5, 5.41) is 0. The van der Waals surface area contributed by atoms with Crippen molar-refractivity contribution in [1.29, 1.82) is 0 Å². The lowest BCUT2D eigenvalue weighted by atomic mass is 10.0. The molecule has 0 atom stereocenters. The molecule has 0 saturated heterocycles. The third-order valence-corrected chi connectivity index (χ3v) is 7.75. The van der Waals surface area contributed by atoms with Crippen LogP contribution < -0.4 is 13.6 Å². The van der Waals surface area contributed by atoms with Gasteiger partial charge in [0.05, 0.1) is 0 Å². The number of hydrogen-bond donors (Lipinski definition) is 0. The number of unbranched alkanes of at least 4 members (excludes halogenated alkanes) is 3. The Labute approximate surface area is 220 Å². The zero-order valence-electron chi connectivity index (χ0n) is 22.8. The van der Waals surface area contributed by atoms with Gasteiger partial charge < -0.3 is 13.6 Å². The van der Waals surface area contributed by atoms with Crippen LogP contribution in [0.2, 0.25) is 0 Å². The van der Waals surface area contributed by atoms with Crippen LogP contribution in [0.15, 0.2) is 60.7 Å². The Morgan fingerprint density at radius 2 is 1.11 bits per heavy atom. The maximum Gasteiger partial charge on any atom is 0.530 e. The van der Waals surface area contributed by atoms with Crippen LogP contribution in [0.1, 0.15) is 88.1 Å². The average molecular weight is 507 g/mol. The summed E-state index contributed by atoms with van der Waals surface area (Å²) in [6, 6.07) is 21.0. The molecule has 0 aromatic heterocycles. The molecule has 0 heterocycles. The van der Waals surface area contributed by atoms with Crippen molar-refractivity contribution in [2.24, 2.45) is 0 Å². The van der Waals surface area contributed by atoms with Gasteiger partial charge in [0.1, 0.15) is 17.2 Å². The molecule has 4 heteroatoms. The van der Waals surface area contributed by atoms with E-state index in [1.54, 1.807) is 0 Å². The Balaban J connectivity index is 1.85. The smallest absolute Gasteiger partial charge is 0.409 e. The first-order valence-corrected chi connectivity index (χ1v) is 14.9. The van der Waals surface area contributed by atoms with Crippen molar-refractivity contribution in [3.63, 3.8) is 0 Å². The number of rotatable bonds is 15. The summed E-state index contributed by atoms with van der Waals surface area (Å²) in [6.07, 6.45) is 9.94. The second-order valence-corrected chi connectivity index (χ2v) is 10.1. The summed E-state index contributed by atoms with van der Waals surface area (Å²) >= 11 is 0. The number of hydrogen-bond acceptors (Lipinski definition) is 3. The molecule has 3 nitrogen and oxygen atoms in total. The van der Waals surface area contributed by atoms with E-state index in [2.05, 4.69) is 71.0 Å². The van der Waals surface area contributed by atoms with E-state index >= 15 is 0 Å². The highest BCUT2D eigenvalue weighted by Gasteiger charge is 2.23. The van der Waals surface area contributed by atoms with Crippen LogP contribution in [-0.4, -0.2) is 0 Å². The fraction of sp³-hybridized carbons (Fsp3) is 0.438. The summed E-state index contributed by atoms with van der Waals surface area (Å²) in [4.78, 5) is 0. The fourth-order valence-electron chi connectivity index (χ4n) is 4.63. The molecular weight excluding hydrogens is 463 g/mol. The minimum Gasteiger partial charge on any atom is -0.409 e. The second-order valence-electron chi connectivity index (χ2n) is 9.15. The molecule has 194 valence electrons. The standard InChI is InChI=1S/C32H43O3P/c1-6-11-12-13-16-25-21-23-28(24-22-25)33-36(34-31-19-14-17-26(7-2)29(31)9-4)35-32-20-15-18-27(8-3)30(32)10-5/h14-15,17-24H,6-13,16H2,1-5H3. The van der Waals surface area contributed by atoms with Gasteiger partial charge in [-0.15, -0.1) is 0 Å². The van der Waals surface area contributed by atoms with Crippen molar-refractivity contribution in [1.82, 2.24) is 0 Å². The van der Waals surface area contributed by atoms with E-state index in [1.807, 2.05) is 24.3 Å². The van der Waals surface area contributed by atoms with Crippen molar-refractivity contribution >= 4 is 8.60 Å². The molecule has 0 radical (unpaired) electrons. The predicted molar refractivity (Wildman–Crippen MR) is 153 cm³/mol. The van der Waals surface area contributed by atoms with Crippen LogP contribution >= 0.6 is 8.60 Å². The van der Waals surface area contributed by atoms with E-state index in [9.17, 15) is 0 Å². The van der Waals surface area contributed by atoms with Gasteiger partial charge in [0.15, 0.2) is 0 Å². The van der Waals surface area contributed by atoms with Crippen molar-refractivity contribution in [3.8, 4) is 17.2 Å². The molecule has 0 unspecified atom stereocenters. The maximum atomic E-state index is 6.50. The normalized spacial score (nSPS) is 11.1. The number of benzene rings is 3. The zero-order chi connectivity index (χ0) is 25.8. The first-order chi connectivity index (χ1) is 17.6. The fourth-order valence-corrected chi connectivity index (χ4v) is 5.70. The maximum absolute atomic E-state index is 6.50. The minimum absolute atomic E-state index is 0.771. The third-order valence-electron chi connectivity index (χ3n) is 6.70. The Morgan fingerprint density at radius 3 is 1.58 bits per heavy atom. The molecule has 0 amide bonds. The lowest BCUT2D eigenvalue weighted by molar-refractivity contribution is 0.384. The highest BCUT2D eigenvalue weighted by Crippen LogP contribution is 2.45. The highest BCUT2D eigenvalue weighted by atomic mass is 31.2. The highest BCUT2D eigenvalue weighted by molar-refractivity contribution is 7.43. The molecule has 3 aromatic carbocycles. The van der Waals surface area contributed by atoms with Crippen molar-refractivity contribution in [2.75, 3.05) is 0 Å². The van der Waals surface area contributed by atoms with E-state index in [0.717, 1.165) is 49.4 Å². The Bertz CT molecular complexity index is 1000. The average Bonchev–Trinajstić information content (AvgIpc) is 2.91. The van der Waals surface area contributed by atoms with Crippen LogP contribution in [0, 0.1) is 0 Å². The summed E-state index contributed by atoms with van der Waals surface area (Å²) in [7, 11) is -1.69. The van der Waals surface area contributed by atoms with E-state index in [4.69, 9.17) is 13.6 Å². The summed E-state index contributed by atoms with van der Waals surface area (Å²) in [6.45, 7) is 11.0. The molecular formula is C32H43O3P. The summed E-state index contributed by atoms with van der Waals surface area (Å²) in [5.41, 5.74) is 6.40. The largest absolute Gasteiger partial charge is 0.530 e. The van der Waals surface area contributed by atoms with E-state index in [1.165, 1.54) is 53.5 Å². The van der Waals surface area contributed by atoms with Gasteiger partial charge in [-0.1, -0.05) is 90.3 Å². The Morgan fingerprint density at radius 1 is 0.556 bits per heavy atom. The molecule has 0 spiro atoms. The molecule has 0 fully saturated rings. The lowest BCUT2D eigenvalue weighted by Crippen LogP contribution is -2.06. The van der Waals surface area contributed by atoms with Gasteiger partial charge in [-0.3, -0.25) is 0 Å². The molecule has 36 heavy (non-hydrogen) atoms. The molecule has 0 N–H and O–H groups in total. The molecule has 0 bridgehead atoms. The first-order valence-electron chi connectivity index (χ1n) is 13.8. The van der Waals surface area contributed by atoms with Crippen LogP contribution in [0.3, 0.4) is 0 Å². The van der Waals surface area contributed by atoms with Gasteiger partial charge in [-0.25, -0.2) is 0 Å². The van der Waals surface area contributed by atoms with Gasteiger partial charge in [0.25, 0.3) is 0 Å². The van der Waals surface area contributed by atoms with Gasteiger partial charge in [-0.05, 0) is 90.6 Å². The van der Waals surface area contributed by atoms with Gasteiger partial charge in [0, 0.05) is 0 Å². The topological polar surface area (TPSA) is 27.7 Å². The van der Waals surface area contributed by atoms with E-state index < -0.39 is 8.60 Å². The van der Waals surface area contributed by atoms with Crippen molar-refractivity contribution in [2.45, 2.75) is 92.4 Å². The quantitative estimate of drug-likeness (QED) is 0.152. The SMILES string of the molecule is CCCCCCc1ccc(OP(Oc2cccc(CC)c2CC)Oc2cccc(CC)c2CC)cc1. The monoisotopic (exact) mass is 506 g/mol. The molecule has 0 aliphatic carbocycles. The van der Waals surface area contributed by atoms with Crippen LogP contribution in [-0.2, 0) is 32.1 Å². The molecule has 0 saturated carbocycles. The lowest BCUT2D eigenvalue weighted by Gasteiger charge is -2.22. The summed E-state index contributed by atoms with van der Waals surface area (Å²) < 4.78 is 19.4. The third kappa shape index (κ3) is 7.74. The summed E-state index contributed by atoms with van der Waals surface area (Å²) in [5.74, 6) is 2.47. The van der Waals surface area contributed by atoms with Gasteiger partial charge in [0.2, 0.25) is 0 Å². The van der Waals surface area contributed by atoms with Crippen LogP contribution in [0.5, 0.6) is 17.2 Å². The van der Waals surface area contributed by atoms with Crippen LogP contribution in [0.25, 0.3) is 0 Å². The van der Waals surface area contributed by atoms with Gasteiger partial charge >= 0.3 is 8.60 Å². The van der Waals surface area contributed by atoms with Crippen molar-refractivity contribution in [3.05, 3.63) is 88.5 Å². The van der Waals surface area contributed by atoms with E-state index in [0.29, 0.717) is 0 Å². The molecule has 0 aliphatic rings. The zero-order valence-corrected chi connectivity index (χ0v) is 23.7. The van der Waals surface area contributed by atoms with Crippen LogP contribution in [0.4, 0.5) is 0 Å². The van der Waals surface area contributed by atoms with Gasteiger partial charge in [-0.2, -0.15) is 0 Å². The second kappa shape index (κ2) is 14.9. The minimum atomic E-state index is -1.69. The first kappa shape index (κ1) is 28.1. The van der Waals surface area contributed by atoms with Crippen molar-refractivity contribution < 1.29 is 13.6 Å². The Hall–Kier alpha value is -2.51. The number of aryl methyl sites for hydroxylation is 3. The molecule has 3 rings (SSSR count). The molecule has 3 aromatic rings. The predicted octanol–water partition coefficient (Wildman–Crippen LogP) is 9.82. The van der Waals surface area contributed by atoms with E-state index in [-0.39, 0.29) is 0 Å². The molecule has 0 aliphatic heterocycles.